The van der Waals surface area contributed by atoms with Crippen molar-refractivity contribution in [3.05, 3.63) is 35.4 Å². The Hall–Kier alpha value is -0.960. The standard InChI is InChI=1S/C14H19F2N/c1-2-7-17-10-14(5-6-14)9-11-3-4-12(15)8-13(11)16/h3-4,8,17H,2,5-7,9-10H2,1H3. The van der Waals surface area contributed by atoms with E-state index in [1.54, 1.807) is 6.07 Å². The van der Waals surface area contributed by atoms with Crippen LogP contribution in [0.25, 0.3) is 0 Å². The molecule has 1 aliphatic carbocycles. The van der Waals surface area contributed by atoms with E-state index in [4.69, 9.17) is 0 Å². The molecule has 0 unspecified atom stereocenters. The number of hydrogen-bond donors (Lipinski definition) is 1. The molecule has 0 spiro atoms. The van der Waals surface area contributed by atoms with Crippen LogP contribution in [0.2, 0.25) is 0 Å². The normalized spacial score (nSPS) is 17.1. The molecule has 94 valence electrons. The highest BCUT2D eigenvalue weighted by atomic mass is 19.1. The smallest absolute Gasteiger partial charge is 0.129 e. The maximum Gasteiger partial charge on any atom is 0.129 e. The van der Waals surface area contributed by atoms with E-state index in [9.17, 15) is 8.78 Å². The summed E-state index contributed by atoms with van der Waals surface area (Å²) < 4.78 is 26.3. The lowest BCUT2D eigenvalue weighted by molar-refractivity contribution is 0.444. The fraction of sp³-hybridized carbons (Fsp3) is 0.571. The summed E-state index contributed by atoms with van der Waals surface area (Å²) in [6.07, 6.45) is 4.11. The van der Waals surface area contributed by atoms with Gasteiger partial charge in [0.2, 0.25) is 0 Å². The van der Waals surface area contributed by atoms with Gasteiger partial charge in [0.25, 0.3) is 0 Å². The monoisotopic (exact) mass is 239 g/mol. The first kappa shape index (κ1) is 12.5. The van der Waals surface area contributed by atoms with Crippen LogP contribution in [0.1, 0.15) is 31.7 Å². The minimum absolute atomic E-state index is 0.216. The lowest BCUT2D eigenvalue weighted by Gasteiger charge is -2.16. The Morgan fingerprint density at radius 1 is 1.29 bits per heavy atom. The van der Waals surface area contributed by atoms with Crippen molar-refractivity contribution in [3.63, 3.8) is 0 Å². The molecule has 0 aliphatic heterocycles. The third-order valence-corrected chi connectivity index (χ3v) is 3.46. The van der Waals surface area contributed by atoms with Gasteiger partial charge < -0.3 is 5.32 Å². The largest absolute Gasteiger partial charge is 0.316 e. The minimum atomic E-state index is -0.500. The Labute approximate surface area is 101 Å². The molecule has 0 heterocycles. The van der Waals surface area contributed by atoms with Gasteiger partial charge in [-0.1, -0.05) is 13.0 Å². The van der Waals surface area contributed by atoms with Crippen LogP contribution >= 0.6 is 0 Å². The Kier molecular flexibility index (Phi) is 3.77. The third-order valence-electron chi connectivity index (χ3n) is 3.46. The zero-order valence-corrected chi connectivity index (χ0v) is 10.2. The highest BCUT2D eigenvalue weighted by molar-refractivity contribution is 5.22. The Morgan fingerprint density at radius 2 is 2.06 bits per heavy atom. The van der Waals surface area contributed by atoms with Gasteiger partial charge >= 0.3 is 0 Å². The second kappa shape index (κ2) is 5.13. The molecule has 3 heteroatoms. The summed E-state index contributed by atoms with van der Waals surface area (Å²) >= 11 is 0. The van der Waals surface area contributed by atoms with Crippen molar-refractivity contribution in [1.29, 1.82) is 0 Å². The van der Waals surface area contributed by atoms with Crippen LogP contribution in [0.4, 0.5) is 8.78 Å². The van der Waals surface area contributed by atoms with Gasteiger partial charge in [-0.3, -0.25) is 0 Å². The number of halogens is 2. The van der Waals surface area contributed by atoms with Crippen molar-refractivity contribution >= 4 is 0 Å². The summed E-state index contributed by atoms with van der Waals surface area (Å²) in [5, 5.41) is 3.39. The zero-order chi connectivity index (χ0) is 12.3. The van der Waals surface area contributed by atoms with Crippen LogP contribution in [0.3, 0.4) is 0 Å². The Bertz CT molecular complexity index is 386. The summed E-state index contributed by atoms with van der Waals surface area (Å²) in [5.74, 6) is -0.910. The lowest BCUT2D eigenvalue weighted by atomic mass is 9.96. The molecule has 0 atom stereocenters. The first-order valence-electron chi connectivity index (χ1n) is 6.30. The molecule has 1 saturated carbocycles. The van der Waals surface area contributed by atoms with Crippen molar-refractivity contribution in [2.24, 2.45) is 5.41 Å². The molecule has 17 heavy (non-hydrogen) atoms. The maximum atomic E-state index is 13.5. The minimum Gasteiger partial charge on any atom is -0.316 e. The molecule has 0 radical (unpaired) electrons. The summed E-state index contributed by atoms with van der Waals surface area (Å²) in [7, 11) is 0. The first-order chi connectivity index (χ1) is 8.15. The Balaban J connectivity index is 1.95. The highest BCUT2D eigenvalue weighted by Gasteiger charge is 2.42. The van der Waals surface area contributed by atoms with E-state index < -0.39 is 11.6 Å². The number of benzene rings is 1. The van der Waals surface area contributed by atoms with Gasteiger partial charge in [0.1, 0.15) is 11.6 Å². The molecule has 1 aliphatic rings. The zero-order valence-electron chi connectivity index (χ0n) is 10.2. The predicted octanol–water partition coefficient (Wildman–Crippen LogP) is 3.29. The van der Waals surface area contributed by atoms with E-state index in [0.717, 1.165) is 44.8 Å². The van der Waals surface area contributed by atoms with E-state index in [-0.39, 0.29) is 5.41 Å². The predicted molar refractivity (Wildman–Crippen MR) is 64.9 cm³/mol. The van der Waals surface area contributed by atoms with Gasteiger partial charge in [0.05, 0.1) is 0 Å². The second-order valence-electron chi connectivity index (χ2n) is 5.09. The quantitative estimate of drug-likeness (QED) is 0.751. The van der Waals surface area contributed by atoms with Crippen LogP contribution < -0.4 is 5.32 Å². The van der Waals surface area contributed by atoms with Gasteiger partial charge in [-0.25, -0.2) is 8.78 Å². The highest BCUT2D eigenvalue weighted by Crippen LogP contribution is 2.48. The molecule has 0 bridgehead atoms. The van der Waals surface area contributed by atoms with E-state index >= 15 is 0 Å². The number of nitrogens with one attached hydrogen (secondary N) is 1. The van der Waals surface area contributed by atoms with E-state index in [0.29, 0.717) is 5.56 Å². The van der Waals surface area contributed by atoms with Crippen molar-refractivity contribution < 1.29 is 8.78 Å². The fourth-order valence-electron chi connectivity index (χ4n) is 2.19. The molecule has 1 nitrogen and oxygen atoms in total. The van der Waals surface area contributed by atoms with E-state index in [2.05, 4.69) is 12.2 Å². The van der Waals surface area contributed by atoms with Crippen LogP contribution in [-0.4, -0.2) is 13.1 Å². The first-order valence-corrected chi connectivity index (χ1v) is 6.30. The van der Waals surface area contributed by atoms with Crippen LogP contribution in [0.5, 0.6) is 0 Å². The molecule has 1 aromatic carbocycles. The van der Waals surface area contributed by atoms with Crippen LogP contribution in [-0.2, 0) is 6.42 Å². The van der Waals surface area contributed by atoms with Gasteiger partial charge in [0, 0.05) is 12.6 Å². The van der Waals surface area contributed by atoms with E-state index in [1.807, 2.05) is 0 Å². The topological polar surface area (TPSA) is 12.0 Å². The molecular weight excluding hydrogens is 220 g/mol. The number of hydrogen-bond acceptors (Lipinski definition) is 1. The van der Waals surface area contributed by atoms with Gasteiger partial charge in [-0.05, 0) is 49.3 Å². The molecule has 0 aromatic heterocycles. The average Bonchev–Trinajstić information content (AvgIpc) is 3.03. The lowest BCUT2D eigenvalue weighted by Crippen LogP contribution is -2.26. The summed E-state index contributed by atoms with van der Waals surface area (Å²) in [5.41, 5.74) is 0.857. The summed E-state index contributed by atoms with van der Waals surface area (Å²) in [6.45, 7) is 4.08. The second-order valence-corrected chi connectivity index (χ2v) is 5.09. The van der Waals surface area contributed by atoms with Crippen molar-refractivity contribution in [1.82, 2.24) is 5.32 Å². The van der Waals surface area contributed by atoms with Gasteiger partial charge in [0.15, 0.2) is 0 Å². The molecule has 1 aromatic rings. The molecule has 2 rings (SSSR count). The summed E-state index contributed by atoms with van der Waals surface area (Å²) in [4.78, 5) is 0. The molecule has 0 saturated heterocycles. The van der Waals surface area contributed by atoms with Gasteiger partial charge in [-0.15, -0.1) is 0 Å². The van der Waals surface area contributed by atoms with Crippen molar-refractivity contribution in [2.45, 2.75) is 32.6 Å². The molecule has 1 fully saturated rings. The van der Waals surface area contributed by atoms with Crippen molar-refractivity contribution in [3.8, 4) is 0 Å². The SMILES string of the molecule is CCCNCC1(Cc2ccc(F)cc2F)CC1. The maximum absolute atomic E-state index is 13.5. The number of rotatable bonds is 6. The van der Waals surface area contributed by atoms with Crippen molar-refractivity contribution in [2.75, 3.05) is 13.1 Å². The molecule has 0 amide bonds. The van der Waals surface area contributed by atoms with Crippen LogP contribution in [0, 0.1) is 17.0 Å². The average molecular weight is 239 g/mol. The third kappa shape index (κ3) is 3.25. The molecule has 1 N–H and O–H groups in total. The molecular formula is C14H19F2N. The van der Waals surface area contributed by atoms with E-state index in [1.165, 1.54) is 6.07 Å². The Morgan fingerprint density at radius 3 is 2.65 bits per heavy atom. The van der Waals surface area contributed by atoms with Crippen LogP contribution in [0.15, 0.2) is 18.2 Å². The van der Waals surface area contributed by atoms with Gasteiger partial charge in [-0.2, -0.15) is 0 Å². The summed E-state index contributed by atoms with van der Waals surface area (Å²) in [6, 6.07) is 3.89. The fourth-order valence-corrected chi connectivity index (χ4v) is 2.19.